The third-order valence-electron chi connectivity index (χ3n) is 2.42. The average Bonchev–Trinajstić information content (AvgIpc) is 3.35. The van der Waals surface area contributed by atoms with Gasteiger partial charge in [-0.2, -0.15) is 53.7 Å². The SMILES string of the molecule is C[Si](C)[c-]1cccc1.O=[C]=[Fe]=[C]=O.[Fe+2].c1cc[cH-]c1.c1cc[cH-]c1. The van der Waals surface area contributed by atoms with Crippen LogP contribution in [0.3, 0.4) is 0 Å². The van der Waals surface area contributed by atoms with E-state index < -0.39 is 0 Å². The third-order valence-corrected chi connectivity index (χ3v) is 4.14. The van der Waals surface area contributed by atoms with Gasteiger partial charge in [0.1, 0.15) is 0 Å². The van der Waals surface area contributed by atoms with Gasteiger partial charge in [0.2, 0.25) is 0 Å². The Labute approximate surface area is 161 Å². The van der Waals surface area contributed by atoms with Gasteiger partial charge < -0.3 is 0 Å². The second-order valence-corrected chi connectivity index (χ2v) is 7.63. The van der Waals surface area contributed by atoms with E-state index in [1.807, 2.05) is 60.7 Å². The van der Waals surface area contributed by atoms with E-state index in [0.717, 1.165) is 0 Å². The maximum absolute atomic E-state index is 9.02. The molecule has 0 heterocycles. The van der Waals surface area contributed by atoms with Crippen LogP contribution < -0.4 is 5.19 Å². The summed E-state index contributed by atoms with van der Waals surface area (Å²) in [6.45, 7) is 4.61. The first kappa shape index (κ1) is 24.7. The Morgan fingerprint density at radius 2 is 1.17 bits per heavy atom. The molecule has 5 heteroatoms. The quantitative estimate of drug-likeness (QED) is 0.447. The van der Waals surface area contributed by atoms with Crippen molar-refractivity contribution in [3.05, 3.63) is 84.9 Å². The Bertz CT molecular complexity index is 582. The topological polar surface area (TPSA) is 34.1 Å². The van der Waals surface area contributed by atoms with E-state index in [1.165, 1.54) is 14.8 Å². The van der Waals surface area contributed by atoms with E-state index >= 15 is 0 Å². The van der Waals surface area contributed by atoms with Crippen molar-refractivity contribution in [2.24, 2.45) is 0 Å². The van der Waals surface area contributed by atoms with E-state index in [2.05, 4.69) is 37.4 Å². The zero-order chi connectivity index (χ0) is 17.2. The minimum absolute atomic E-state index is 0. The fourth-order valence-corrected chi connectivity index (χ4v) is 2.27. The molecule has 0 spiro atoms. The summed E-state index contributed by atoms with van der Waals surface area (Å²) in [7, 11) is -0.169. The summed E-state index contributed by atoms with van der Waals surface area (Å²) in [5.74, 6) is 0. The molecule has 0 N–H and O–H groups in total. The molecule has 3 aromatic rings. The predicted molar refractivity (Wildman–Crippen MR) is 94.6 cm³/mol. The summed E-state index contributed by atoms with van der Waals surface area (Å²) in [6.07, 6.45) is 0. The van der Waals surface area contributed by atoms with Gasteiger partial charge in [0, 0.05) is 8.80 Å². The molecular weight excluding hydrogens is 400 g/mol. The standard InChI is InChI=1S/C7H10Si.2C5H5.2CO.2Fe/c1-8(2)7-5-3-4-6-7;2*1-2-4-5-3-1;2*1-2;;/h3-6H,1-2H3;2*1-5H;;;;/q3*-1;;;;+2. The zero-order valence-corrected chi connectivity index (χ0v) is 16.8. The summed E-state index contributed by atoms with van der Waals surface area (Å²) < 4.78 is 0. The van der Waals surface area contributed by atoms with E-state index in [4.69, 9.17) is 9.59 Å². The minimum Gasteiger partial charge on any atom is -0.214 e. The zero-order valence-electron chi connectivity index (χ0n) is 13.6. The first-order chi connectivity index (χ1) is 11.2. The molecule has 0 aliphatic carbocycles. The van der Waals surface area contributed by atoms with E-state index in [0.29, 0.717) is 0 Å². The van der Waals surface area contributed by atoms with Crippen molar-refractivity contribution in [1.29, 1.82) is 0 Å². The van der Waals surface area contributed by atoms with Crippen molar-refractivity contribution >= 4 is 23.6 Å². The van der Waals surface area contributed by atoms with Crippen LogP contribution in [0.5, 0.6) is 0 Å². The third kappa shape index (κ3) is 16.8. The molecule has 0 saturated heterocycles. The number of hydrogen-bond donors (Lipinski definition) is 0. The van der Waals surface area contributed by atoms with Crippen LogP contribution in [0, 0.1) is 0 Å². The predicted octanol–water partition coefficient (Wildman–Crippen LogP) is 3.38. The van der Waals surface area contributed by atoms with Crippen LogP contribution in [0.25, 0.3) is 0 Å². The van der Waals surface area contributed by atoms with Crippen molar-refractivity contribution in [3.8, 4) is 0 Å². The normalized spacial score (nSPS) is 7.79. The molecule has 0 aliphatic heterocycles. The number of carbonyl (C=O) groups excluding carboxylic acids is 2. The van der Waals surface area contributed by atoms with Gasteiger partial charge in [0.05, 0.1) is 0 Å². The van der Waals surface area contributed by atoms with Crippen molar-refractivity contribution < 1.29 is 40.7 Å². The van der Waals surface area contributed by atoms with E-state index in [-0.39, 0.29) is 39.9 Å². The number of hydrogen-bond acceptors (Lipinski definition) is 2. The smallest absolute Gasteiger partial charge is 0.214 e. The molecule has 0 unspecified atom stereocenters. The molecule has 0 saturated carbocycles. The Balaban J connectivity index is 0. The van der Waals surface area contributed by atoms with Crippen LogP contribution in [0.15, 0.2) is 84.9 Å². The van der Waals surface area contributed by atoms with Gasteiger partial charge in [0.15, 0.2) is 0 Å². The Morgan fingerprint density at radius 3 is 1.29 bits per heavy atom. The molecule has 3 rings (SSSR count). The van der Waals surface area contributed by atoms with Crippen LogP contribution in [-0.4, -0.2) is 18.4 Å². The van der Waals surface area contributed by atoms with Gasteiger partial charge in [-0.15, -0.1) is 0 Å². The van der Waals surface area contributed by atoms with Gasteiger partial charge in [-0.05, 0) is 0 Å². The van der Waals surface area contributed by atoms with Crippen LogP contribution >= 0.6 is 0 Å². The fraction of sp³-hybridized carbons (Fsp3) is 0.105. The summed E-state index contributed by atoms with van der Waals surface area (Å²) in [6, 6.07) is 28.6. The van der Waals surface area contributed by atoms with E-state index in [1.54, 1.807) is 0 Å². The van der Waals surface area contributed by atoms with Crippen molar-refractivity contribution in [3.63, 3.8) is 0 Å². The Hall–Kier alpha value is -1.53. The second-order valence-electron chi connectivity index (χ2n) is 4.33. The molecule has 1 radical (unpaired) electrons. The molecule has 0 amide bonds. The fourth-order valence-electron chi connectivity index (χ4n) is 1.36. The van der Waals surface area contributed by atoms with Crippen LogP contribution in [0.4, 0.5) is 0 Å². The van der Waals surface area contributed by atoms with Crippen LogP contribution in [-0.2, 0) is 40.7 Å². The maximum atomic E-state index is 9.02. The van der Waals surface area contributed by atoms with Crippen LogP contribution in [0.1, 0.15) is 0 Å². The Morgan fingerprint density at radius 1 is 0.792 bits per heavy atom. The monoisotopic (exact) mass is 420 g/mol. The molecule has 0 aromatic heterocycles. The molecule has 0 aliphatic rings. The summed E-state index contributed by atoms with van der Waals surface area (Å²) in [5.41, 5.74) is 0. The Kier molecular flexibility index (Phi) is 20.1. The van der Waals surface area contributed by atoms with Crippen molar-refractivity contribution in [1.82, 2.24) is 0 Å². The minimum atomic E-state index is -0.222. The van der Waals surface area contributed by atoms with Gasteiger partial charge in [0.25, 0.3) is 0 Å². The van der Waals surface area contributed by atoms with E-state index in [9.17, 15) is 0 Å². The largest absolute Gasteiger partial charge is 2.00 e. The molecule has 2 nitrogen and oxygen atoms in total. The molecule has 0 fully saturated rings. The molecule has 129 valence electrons. The molecule has 24 heavy (non-hydrogen) atoms. The molecule has 3 aromatic carbocycles. The van der Waals surface area contributed by atoms with Gasteiger partial charge in [-0.3, -0.25) is 0 Å². The van der Waals surface area contributed by atoms with Crippen molar-refractivity contribution in [2.45, 2.75) is 13.1 Å². The van der Waals surface area contributed by atoms with Gasteiger partial charge in [-0.1, -0.05) is 13.1 Å². The van der Waals surface area contributed by atoms with Crippen LogP contribution in [0.2, 0.25) is 13.1 Å². The van der Waals surface area contributed by atoms with Crippen molar-refractivity contribution in [2.75, 3.05) is 0 Å². The number of rotatable bonds is 1. The molecule has 0 bridgehead atoms. The van der Waals surface area contributed by atoms with Gasteiger partial charge >= 0.3 is 50.3 Å². The summed E-state index contributed by atoms with van der Waals surface area (Å²) in [5, 5.41) is 1.54. The first-order valence-electron chi connectivity index (χ1n) is 6.92. The first-order valence-corrected chi connectivity index (χ1v) is 10.5. The summed E-state index contributed by atoms with van der Waals surface area (Å²) >= 11 is -0.222. The molecular formula is C19H20Fe2O2Si-. The van der Waals surface area contributed by atoms with Gasteiger partial charge in [-0.25, -0.2) is 36.4 Å². The summed E-state index contributed by atoms with van der Waals surface area (Å²) in [4.78, 5) is 20.7. The maximum Gasteiger partial charge on any atom is 2.00 e. The molecule has 0 atom stereocenters. The average molecular weight is 420 g/mol. The second kappa shape index (κ2) is 19.5.